The van der Waals surface area contributed by atoms with Gasteiger partial charge in [0.15, 0.2) is 0 Å². The van der Waals surface area contributed by atoms with Gasteiger partial charge >= 0.3 is 24.7 Å². The zero-order valence-corrected chi connectivity index (χ0v) is 19.8. The molecule has 0 aromatic heterocycles. The number of hydrogen-bond acceptors (Lipinski definition) is 4. The van der Waals surface area contributed by atoms with Crippen LogP contribution in [0.25, 0.3) is 43.1 Å². The first-order chi connectivity index (χ1) is 19.3. The topological polar surface area (TPSA) is 72.3 Å². The van der Waals surface area contributed by atoms with Gasteiger partial charge in [-0.25, -0.2) is 0 Å². The van der Waals surface area contributed by atoms with E-state index in [4.69, 9.17) is 10.5 Å². The summed E-state index contributed by atoms with van der Waals surface area (Å²) < 4.78 is 166. The molecule has 0 aliphatic carbocycles. The standard InChI is InChI=1S/C26H6F12N4/c27-23(28,29)9-1-15-19(17(3-9)25(33,34)35)11-5-14-12(6-13(11)21(15)41-7-39)20-16(22(14)42-8-40)2-10(24(30,31)32)4-18(20)26(36,37)38/h1-6H/b41-21-,42-22-. The maximum atomic E-state index is 14.1. The van der Waals surface area contributed by atoms with Crippen LogP contribution < -0.4 is 10.7 Å². The lowest BCUT2D eigenvalue weighted by Crippen LogP contribution is -2.12. The van der Waals surface area contributed by atoms with Crippen LogP contribution in [0.15, 0.2) is 46.4 Å². The smallest absolute Gasteiger partial charge is 0.172 e. The van der Waals surface area contributed by atoms with Crippen LogP contribution in [-0.4, -0.2) is 0 Å². The molecule has 0 aliphatic heterocycles. The first-order valence-corrected chi connectivity index (χ1v) is 11.1. The molecule has 0 fully saturated rings. The number of halogens is 12. The van der Waals surface area contributed by atoms with Crippen LogP contribution in [0.3, 0.4) is 0 Å². The second-order valence-electron chi connectivity index (χ2n) is 8.95. The van der Waals surface area contributed by atoms with Crippen LogP contribution in [0.2, 0.25) is 0 Å². The van der Waals surface area contributed by atoms with Gasteiger partial charge in [0.2, 0.25) is 12.4 Å². The van der Waals surface area contributed by atoms with Crippen LogP contribution in [0.5, 0.6) is 0 Å². The monoisotopic (exact) mass is 602 g/mol. The lowest BCUT2D eigenvalue weighted by atomic mass is 10.00. The maximum Gasteiger partial charge on any atom is 0.417 e. The summed E-state index contributed by atoms with van der Waals surface area (Å²) in [4.78, 5) is 6.68. The Balaban J connectivity index is 2.15. The summed E-state index contributed by atoms with van der Waals surface area (Å²) in [7, 11) is 0. The van der Waals surface area contributed by atoms with Crippen molar-refractivity contribution < 1.29 is 52.7 Å². The molecular weight excluding hydrogens is 596 g/mol. The molecule has 0 radical (unpaired) electrons. The number of hydrogen-bond donors (Lipinski definition) is 0. The Hall–Kier alpha value is -4.86. The maximum absolute atomic E-state index is 14.1. The van der Waals surface area contributed by atoms with Crippen molar-refractivity contribution in [1.82, 2.24) is 0 Å². The first-order valence-electron chi connectivity index (χ1n) is 11.1. The van der Waals surface area contributed by atoms with E-state index >= 15 is 0 Å². The van der Waals surface area contributed by atoms with Gasteiger partial charge in [-0.05, 0) is 47.2 Å². The minimum Gasteiger partial charge on any atom is -0.172 e. The van der Waals surface area contributed by atoms with E-state index in [9.17, 15) is 52.7 Å². The molecular formula is C26H6F12N4. The lowest BCUT2D eigenvalue weighted by Gasteiger charge is -2.14. The van der Waals surface area contributed by atoms with Gasteiger partial charge in [-0.15, -0.1) is 0 Å². The molecule has 0 unspecified atom stereocenters. The molecule has 0 heterocycles. The highest BCUT2D eigenvalue weighted by atomic mass is 19.4. The Morgan fingerprint density at radius 2 is 0.762 bits per heavy atom. The third kappa shape index (κ3) is 4.34. The van der Waals surface area contributed by atoms with E-state index in [1.165, 1.54) is 12.4 Å². The molecule has 5 rings (SSSR count). The van der Waals surface area contributed by atoms with E-state index in [-0.39, 0.29) is 12.1 Å². The third-order valence-corrected chi connectivity index (χ3v) is 6.58. The van der Waals surface area contributed by atoms with E-state index in [2.05, 4.69) is 9.98 Å². The summed E-state index contributed by atoms with van der Waals surface area (Å²) in [5.74, 6) is 0. The minimum atomic E-state index is -5.42. The molecule has 5 aromatic carbocycles. The number of nitriles is 2. The molecule has 0 atom stereocenters. The minimum absolute atomic E-state index is 0.193. The van der Waals surface area contributed by atoms with Gasteiger partial charge in [0.05, 0.1) is 33.0 Å². The highest BCUT2D eigenvalue weighted by Gasteiger charge is 2.41. The second kappa shape index (κ2) is 8.82. The molecule has 0 saturated heterocycles. The quantitative estimate of drug-likeness (QED) is 0.133. The molecule has 0 saturated carbocycles. The van der Waals surface area contributed by atoms with Crippen molar-refractivity contribution in [2.75, 3.05) is 0 Å². The highest BCUT2D eigenvalue weighted by Crippen LogP contribution is 2.45. The largest absolute Gasteiger partial charge is 0.417 e. The van der Waals surface area contributed by atoms with Crippen molar-refractivity contribution >= 4 is 43.1 Å². The average molecular weight is 602 g/mol. The zero-order valence-electron chi connectivity index (χ0n) is 19.8. The summed E-state index contributed by atoms with van der Waals surface area (Å²) in [6.45, 7) is 0. The number of benzene rings is 3. The van der Waals surface area contributed by atoms with Crippen molar-refractivity contribution in [3.63, 3.8) is 0 Å². The normalized spacial score (nSPS) is 14.4. The molecule has 0 amide bonds. The summed E-state index contributed by atoms with van der Waals surface area (Å²) in [5, 5.41) is 11.4. The number of alkyl halides is 12. The highest BCUT2D eigenvalue weighted by molar-refractivity contribution is 6.22. The van der Waals surface area contributed by atoms with Gasteiger partial charge in [-0.2, -0.15) is 73.2 Å². The van der Waals surface area contributed by atoms with E-state index in [0.717, 1.165) is 12.1 Å². The SMILES string of the molecule is N#C/N=c1/c2cc3c(cc2c2c(C(F)(F)F)cc(C(F)(F)F)cc12)/c(=N/C#N)c1cc(C(F)(F)F)cc(C(F)(F)F)c13. The van der Waals surface area contributed by atoms with Crippen molar-refractivity contribution in [3.8, 4) is 12.4 Å². The van der Waals surface area contributed by atoms with Gasteiger partial charge in [-0.3, -0.25) is 0 Å². The van der Waals surface area contributed by atoms with Gasteiger partial charge in [0.1, 0.15) is 0 Å². The Labute approximate surface area is 223 Å². The third-order valence-electron chi connectivity index (χ3n) is 6.58. The van der Waals surface area contributed by atoms with E-state index < -0.39 is 101 Å². The summed E-state index contributed by atoms with van der Waals surface area (Å²) in [6, 6.07) is 1.75. The van der Waals surface area contributed by atoms with E-state index in [0.29, 0.717) is 12.1 Å². The Morgan fingerprint density at radius 1 is 0.429 bits per heavy atom. The van der Waals surface area contributed by atoms with Crippen molar-refractivity contribution in [2.24, 2.45) is 9.98 Å². The average Bonchev–Trinajstić information content (AvgIpc) is 3.32. The molecule has 0 N–H and O–H groups in total. The molecule has 4 nitrogen and oxygen atoms in total. The summed E-state index contributed by atoms with van der Waals surface area (Å²) in [5.41, 5.74) is -7.14. The summed E-state index contributed by atoms with van der Waals surface area (Å²) in [6.07, 6.45) is -18.9. The molecule has 5 aromatic rings. The fourth-order valence-corrected chi connectivity index (χ4v) is 5.05. The fraction of sp³-hybridized carbons (Fsp3) is 0.154. The molecule has 16 heteroatoms. The molecule has 214 valence electrons. The predicted octanol–water partition coefficient (Wildman–Crippen LogP) is 8.01. The van der Waals surface area contributed by atoms with Crippen molar-refractivity contribution in [2.45, 2.75) is 24.7 Å². The van der Waals surface area contributed by atoms with Crippen molar-refractivity contribution in [1.29, 1.82) is 10.5 Å². The predicted molar refractivity (Wildman–Crippen MR) is 121 cm³/mol. The van der Waals surface area contributed by atoms with Crippen LogP contribution in [0, 0.1) is 22.9 Å². The number of fused-ring (bicyclic) bond motifs is 6. The molecule has 0 bridgehead atoms. The Morgan fingerprint density at radius 3 is 1.02 bits per heavy atom. The molecule has 0 aliphatic rings. The van der Waals surface area contributed by atoms with Crippen molar-refractivity contribution in [3.05, 3.63) is 69.4 Å². The molecule has 42 heavy (non-hydrogen) atoms. The Bertz CT molecular complexity index is 2000. The van der Waals surface area contributed by atoms with E-state index in [1.807, 2.05) is 0 Å². The van der Waals surface area contributed by atoms with Crippen LogP contribution in [0.4, 0.5) is 52.7 Å². The van der Waals surface area contributed by atoms with Gasteiger partial charge in [0.25, 0.3) is 0 Å². The number of rotatable bonds is 0. The second-order valence-corrected chi connectivity index (χ2v) is 8.95. The molecule has 0 spiro atoms. The van der Waals surface area contributed by atoms with Gasteiger partial charge in [0, 0.05) is 32.3 Å². The fourth-order valence-electron chi connectivity index (χ4n) is 5.05. The van der Waals surface area contributed by atoms with Crippen LogP contribution in [0.1, 0.15) is 22.3 Å². The summed E-state index contributed by atoms with van der Waals surface area (Å²) >= 11 is 0. The van der Waals surface area contributed by atoms with Gasteiger partial charge < -0.3 is 0 Å². The first kappa shape index (κ1) is 28.7. The lowest BCUT2D eigenvalue weighted by molar-refractivity contribution is -0.143. The van der Waals surface area contributed by atoms with Gasteiger partial charge in [-0.1, -0.05) is 0 Å². The van der Waals surface area contributed by atoms with E-state index in [1.54, 1.807) is 0 Å². The van der Waals surface area contributed by atoms with Crippen LogP contribution >= 0.6 is 0 Å². The zero-order chi connectivity index (χ0) is 31.2. The van der Waals surface area contributed by atoms with Crippen LogP contribution in [-0.2, 0) is 24.7 Å². The number of nitrogens with zero attached hydrogens (tertiary/aromatic N) is 4. The Kier molecular flexibility index (Phi) is 6.02.